The summed E-state index contributed by atoms with van der Waals surface area (Å²) in [7, 11) is -3.28. The highest BCUT2D eigenvalue weighted by atomic mass is 32.2. The van der Waals surface area contributed by atoms with Crippen LogP contribution in [0.4, 0.5) is 18.9 Å². The average molecular weight is 406 g/mol. The summed E-state index contributed by atoms with van der Waals surface area (Å²) in [6.07, 6.45) is -4.52. The van der Waals surface area contributed by atoms with Gasteiger partial charge in [0.25, 0.3) is 5.91 Å². The van der Waals surface area contributed by atoms with Crippen molar-refractivity contribution in [3.05, 3.63) is 29.8 Å². The van der Waals surface area contributed by atoms with Gasteiger partial charge in [-0.15, -0.1) is 0 Å². The first-order valence-corrected chi connectivity index (χ1v) is 10.6. The molecule has 1 aromatic carbocycles. The molecule has 2 saturated heterocycles. The molecule has 2 heterocycles. The van der Waals surface area contributed by atoms with Gasteiger partial charge in [0.05, 0.1) is 23.1 Å². The van der Waals surface area contributed by atoms with Gasteiger partial charge in [-0.25, -0.2) is 8.42 Å². The van der Waals surface area contributed by atoms with Crippen LogP contribution in [0.2, 0.25) is 0 Å². The molecule has 0 aromatic heterocycles. The standard InChI is InChI=1S/C16H17F3N2O3S2/c1-9(2)14(22)20-15-21(12-7-26(23,24)8-13(12)25-15)11-5-3-4-10(6-11)16(17,18)19/h3-6,9,12-13H,7-8H2,1-2H3/t12-,13+/m0/s1. The molecule has 2 fully saturated rings. The molecule has 0 N–H and O–H groups in total. The Hall–Kier alpha value is -1.55. The van der Waals surface area contributed by atoms with E-state index < -0.39 is 33.5 Å². The van der Waals surface area contributed by atoms with Crippen molar-refractivity contribution in [2.24, 2.45) is 10.9 Å². The Balaban J connectivity index is 2.05. The number of amidine groups is 1. The van der Waals surface area contributed by atoms with Gasteiger partial charge in [-0.05, 0) is 18.2 Å². The fraction of sp³-hybridized carbons (Fsp3) is 0.500. The molecular formula is C16H17F3N2O3S2. The number of rotatable bonds is 2. The van der Waals surface area contributed by atoms with E-state index in [-0.39, 0.29) is 33.5 Å². The van der Waals surface area contributed by atoms with Gasteiger partial charge in [0.2, 0.25) is 0 Å². The molecule has 1 aromatic rings. The number of fused-ring (bicyclic) bond motifs is 1. The van der Waals surface area contributed by atoms with Crippen LogP contribution in [-0.2, 0) is 20.8 Å². The maximum atomic E-state index is 13.1. The number of carbonyl (C=O) groups is 1. The lowest BCUT2D eigenvalue weighted by Gasteiger charge is -2.25. The van der Waals surface area contributed by atoms with E-state index in [1.165, 1.54) is 17.0 Å². The number of anilines is 1. The van der Waals surface area contributed by atoms with E-state index in [4.69, 9.17) is 0 Å². The van der Waals surface area contributed by atoms with Crippen molar-refractivity contribution in [1.82, 2.24) is 0 Å². The van der Waals surface area contributed by atoms with Gasteiger partial charge in [0.1, 0.15) is 0 Å². The predicted octanol–water partition coefficient (Wildman–Crippen LogP) is 2.96. The normalized spacial score (nSPS) is 26.5. The first-order valence-electron chi connectivity index (χ1n) is 7.94. The third-order valence-electron chi connectivity index (χ3n) is 4.22. The van der Waals surface area contributed by atoms with E-state index in [0.717, 1.165) is 23.9 Å². The van der Waals surface area contributed by atoms with Crippen LogP contribution in [0, 0.1) is 5.92 Å². The summed E-state index contributed by atoms with van der Waals surface area (Å²) in [6.45, 7) is 3.35. The van der Waals surface area contributed by atoms with Gasteiger partial charge in [0.15, 0.2) is 15.0 Å². The first kappa shape index (κ1) is 19.2. The highest BCUT2D eigenvalue weighted by Crippen LogP contribution is 2.42. The Morgan fingerprint density at radius 3 is 2.62 bits per heavy atom. The second-order valence-corrected chi connectivity index (χ2v) is 9.97. The van der Waals surface area contributed by atoms with Crippen molar-refractivity contribution in [2.75, 3.05) is 16.4 Å². The number of hydrogen-bond donors (Lipinski definition) is 0. The monoisotopic (exact) mass is 406 g/mol. The zero-order chi connectivity index (χ0) is 19.3. The Kier molecular flexibility index (Phi) is 4.85. The average Bonchev–Trinajstić information content (AvgIpc) is 2.97. The number of halogens is 3. The number of alkyl halides is 3. The molecule has 0 radical (unpaired) electrons. The first-order chi connectivity index (χ1) is 12.0. The third kappa shape index (κ3) is 3.75. The molecule has 5 nitrogen and oxygen atoms in total. The Labute approximate surface area is 153 Å². The molecule has 3 rings (SSSR count). The number of carbonyl (C=O) groups excluding carboxylic acids is 1. The van der Waals surface area contributed by atoms with Gasteiger partial charge in [-0.3, -0.25) is 4.79 Å². The summed E-state index contributed by atoms with van der Waals surface area (Å²) >= 11 is 1.14. The van der Waals surface area contributed by atoms with Crippen LogP contribution in [-0.4, -0.2) is 42.3 Å². The zero-order valence-corrected chi connectivity index (χ0v) is 15.7. The largest absolute Gasteiger partial charge is 0.416 e. The molecule has 0 spiro atoms. The van der Waals surface area contributed by atoms with Crippen molar-refractivity contribution in [2.45, 2.75) is 31.3 Å². The van der Waals surface area contributed by atoms with Crippen LogP contribution in [0.25, 0.3) is 0 Å². The van der Waals surface area contributed by atoms with E-state index in [1.807, 2.05) is 0 Å². The molecule has 0 bridgehead atoms. The summed E-state index contributed by atoms with van der Waals surface area (Å²) < 4.78 is 63.1. The third-order valence-corrected chi connectivity index (χ3v) is 7.43. The van der Waals surface area contributed by atoms with Gasteiger partial charge >= 0.3 is 6.18 Å². The Bertz CT molecular complexity index is 866. The number of sulfone groups is 1. The van der Waals surface area contributed by atoms with Crippen molar-refractivity contribution in [3.63, 3.8) is 0 Å². The smallest absolute Gasteiger partial charge is 0.316 e. The second kappa shape index (κ2) is 6.56. The van der Waals surface area contributed by atoms with Crippen molar-refractivity contribution >= 4 is 38.4 Å². The number of amides is 1. The minimum absolute atomic E-state index is 0.0767. The summed E-state index contributed by atoms with van der Waals surface area (Å²) in [5.41, 5.74) is -0.647. The highest BCUT2D eigenvalue weighted by Gasteiger charge is 2.49. The van der Waals surface area contributed by atoms with Crippen LogP contribution in [0.1, 0.15) is 19.4 Å². The van der Waals surface area contributed by atoms with E-state index in [0.29, 0.717) is 0 Å². The summed E-state index contributed by atoms with van der Waals surface area (Å²) in [4.78, 5) is 17.5. The summed E-state index contributed by atoms with van der Waals surface area (Å²) in [6, 6.07) is 4.11. The topological polar surface area (TPSA) is 66.8 Å². The number of aliphatic imine (C=N–C) groups is 1. The molecule has 142 valence electrons. The van der Waals surface area contributed by atoms with Gasteiger partial charge in [-0.1, -0.05) is 31.7 Å². The van der Waals surface area contributed by atoms with Crippen LogP contribution in [0.15, 0.2) is 29.3 Å². The predicted molar refractivity (Wildman–Crippen MR) is 95.0 cm³/mol. The molecule has 2 aliphatic rings. The quantitative estimate of drug-likeness (QED) is 0.756. The van der Waals surface area contributed by atoms with E-state index in [1.54, 1.807) is 13.8 Å². The molecule has 0 saturated carbocycles. The van der Waals surface area contributed by atoms with Crippen LogP contribution in [0.5, 0.6) is 0 Å². The van der Waals surface area contributed by atoms with E-state index >= 15 is 0 Å². The number of thioether (sulfide) groups is 1. The summed E-state index contributed by atoms with van der Waals surface area (Å²) in [5, 5.41) is -0.0961. The molecule has 0 unspecified atom stereocenters. The number of benzene rings is 1. The second-order valence-electron chi connectivity index (χ2n) is 6.61. The molecular weight excluding hydrogens is 389 g/mol. The highest BCUT2D eigenvalue weighted by molar-refractivity contribution is 8.16. The molecule has 26 heavy (non-hydrogen) atoms. The van der Waals surface area contributed by atoms with Gasteiger partial charge < -0.3 is 4.90 Å². The van der Waals surface area contributed by atoms with Crippen molar-refractivity contribution in [1.29, 1.82) is 0 Å². The van der Waals surface area contributed by atoms with Crippen LogP contribution < -0.4 is 4.90 Å². The SMILES string of the molecule is CC(C)C(=O)N=C1S[C@@H]2CS(=O)(=O)C[C@@H]2N1c1cccc(C(F)(F)F)c1. The fourth-order valence-corrected chi connectivity index (χ4v) is 6.84. The van der Waals surface area contributed by atoms with Crippen LogP contribution >= 0.6 is 11.8 Å². The molecule has 2 aliphatic heterocycles. The van der Waals surface area contributed by atoms with Crippen molar-refractivity contribution in [3.8, 4) is 0 Å². The lowest BCUT2D eigenvalue weighted by Crippen LogP contribution is -2.38. The Morgan fingerprint density at radius 2 is 2.00 bits per heavy atom. The lowest BCUT2D eigenvalue weighted by molar-refractivity contribution is -0.137. The molecule has 2 atom stereocenters. The van der Waals surface area contributed by atoms with Crippen LogP contribution in [0.3, 0.4) is 0 Å². The van der Waals surface area contributed by atoms with Crippen molar-refractivity contribution < 1.29 is 26.4 Å². The zero-order valence-electron chi connectivity index (χ0n) is 14.0. The maximum absolute atomic E-state index is 13.1. The summed E-state index contributed by atoms with van der Waals surface area (Å²) in [5.74, 6) is -1.01. The minimum atomic E-state index is -4.52. The van der Waals surface area contributed by atoms with Gasteiger partial charge in [-0.2, -0.15) is 18.2 Å². The minimum Gasteiger partial charge on any atom is -0.316 e. The molecule has 0 aliphatic carbocycles. The van der Waals surface area contributed by atoms with E-state index in [2.05, 4.69) is 4.99 Å². The maximum Gasteiger partial charge on any atom is 0.416 e. The molecule has 1 amide bonds. The Morgan fingerprint density at radius 1 is 1.31 bits per heavy atom. The van der Waals surface area contributed by atoms with Gasteiger partial charge in [0, 0.05) is 16.9 Å². The van der Waals surface area contributed by atoms with E-state index in [9.17, 15) is 26.4 Å². The number of nitrogens with zero attached hydrogens (tertiary/aromatic N) is 2. The lowest BCUT2D eigenvalue weighted by atomic mass is 10.1. The molecule has 10 heteroatoms. The fourth-order valence-electron chi connectivity index (χ4n) is 2.92. The number of hydrogen-bond acceptors (Lipinski definition) is 4.